The van der Waals surface area contributed by atoms with Crippen molar-refractivity contribution < 1.29 is 9.47 Å². The van der Waals surface area contributed by atoms with Crippen LogP contribution in [0.4, 0.5) is 5.69 Å². The number of ether oxygens (including phenoxy) is 2. The molecule has 1 unspecified atom stereocenters. The number of anilines is 1. The fourth-order valence-corrected chi connectivity index (χ4v) is 3.98. The molecule has 7 heteroatoms. The molecule has 2 aliphatic rings. The van der Waals surface area contributed by atoms with Gasteiger partial charge in [-0.15, -0.1) is 0 Å². The molecule has 3 N–H and O–H groups in total. The Balaban J connectivity index is 1.68. The Bertz CT molecular complexity index is 632. The number of halogens is 1. The van der Waals surface area contributed by atoms with Crippen LogP contribution in [0.3, 0.4) is 0 Å². The fourth-order valence-electron chi connectivity index (χ4n) is 3.72. The van der Waals surface area contributed by atoms with Gasteiger partial charge in [-0.25, -0.2) is 4.99 Å². The number of hydrazine groups is 1. The molecule has 0 aromatic heterocycles. The van der Waals surface area contributed by atoms with Crippen LogP contribution < -0.4 is 16.2 Å². The van der Waals surface area contributed by atoms with E-state index in [1.54, 1.807) is 0 Å². The molecule has 1 heterocycles. The van der Waals surface area contributed by atoms with Gasteiger partial charge in [-0.2, -0.15) is 0 Å². The molecule has 0 amide bonds. The number of nitrogens with zero attached hydrogens (tertiary/aromatic N) is 2. The Morgan fingerprint density at radius 3 is 2.88 bits per heavy atom. The largest absolute Gasteiger partial charge is 0.369 e. The molecular formula is C18H27ClN4O2. The van der Waals surface area contributed by atoms with Crippen LogP contribution in [0, 0.1) is 0 Å². The second kappa shape index (κ2) is 8.25. The fraction of sp³-hybridized carbons (Fsp3) is 0.611. The summed E-state index contributed by atoms with van der Waals surface area (Å²) in [4.78, 5) is 4.37. The van der Waals surface area contributed by atoms with Gasteiger partial charge in [0, 0.05) is 30.7 Å². The van der Waals surface area contributed by atoms with Gasteiger partial charge in [-0.05, 0) is 56.4 Å². The lowest BCUT2D eigenvalue weighted by atomic mass is 9.84. The van der Waals surface area contributed by atoms with Gasteiger partial charge in [0.1, 0.15) is 0 Å². The van der Waals surface area contributed by atoms with Crippen LogP contribution in [0.1, 0.15) is 43.7 Å². The Kier molecular flexibility index (Phi) is 6.04. The van der Waals surface area contributed by atoms with Crippen molar-refractivity contribution in [2.24, 2.45) is 10.7 Å². The monoisotopic (exact) mass is 366 g/mol. The summed E-state index contributed by atoms with van der Waals surface area (Å²) in [5, 5.41) is 2.96. The van der Waals surface area contributed by atoms with Gasteiger partial charge >= 0.3 is 0 Å². The molecular weight excluding hydrogens is 340 g/mol. The van der Waals surface area contributed by atoms with Crippen LogP contribution in [0.15, 0.2) is 17.1 Å². The number of guanidine groups is 1. The molecule has 1 aromatic rings. The van der Waals surface area contributed by atoms with Gasteiger partial charge in [-0.3, -0.25) is 10.4 Å². The minimum atomic E-state index is -0.360. The van der Waals surface area contributed by atoms with E-state index in [9.17, 15) is 0 Å². The lowest BCUT2D eigenvalue weighted by Gasteiger charge is -2.22. The standard InChI is InChI=1S/C18H27ClN4O2/c1-3-24-16(25-4-2)10-21-18(20)22-23-11-12-6-5-7-13-14(19)8-9-15(23)17(12)13/h8-9,12,16H,3-7,10-11H2,1-2H3,(H3,20,21,22). The Morgan fingerprint density at radius 1 is 1.40 bits per heavy atom. The second-order valence-electron chi connectivity index (χ2n) is 6.34. The second-order valence-corrected chi connectivity index (χ2v) is 6.74. The molecule has 0 fully saturated rings. The predicted octanol–water partition coefficient (Wildman–Crippen LogP) is 2.80. The van der Waals surface area contributed by atoms with Gasteiger partial charge in [-0.1, -0.05) is 11.6 Å². The van der Waals surface area contributed by atoms with Crippen LogP contribution in [0.5, 0.6) is 0 Å². The summed E-state index contributed by atoms with van der Waals surface area (Å²) in [6, 6.07) is 4.04. The van der Waals surface area contributed by atoms with Crippen molar-refractivity contribution in [2.45, 2.75) is 45.3 Å². The van der Waals surface area contributed by atoms with Crippen molar-refractivity contribution in [3.63, 3.8) is 0 Å². The first-order valence-corrected chi connectivity index (χ1v) is 9.40. The molecule has 1 aliphatic heterocycles. The highest BCUT2D eigenvalue weighted by Crippen LogP contribution is 2.45. The van der Waals surface area contributed by atoms with Crippen molar-refractivity contribution in [1.82, 2.24) is 5.43 Å². The molecule has 138 valence electrons. The van der Waals surface area contributed by atoms with Crippen LogP contribution in [0.25, 0.3) is 0 Å². The summed E-state index contributed by atoms with van der Waals surface area (Å²) >= 11 is 6.39. The molecule has 0 radical (unpaired) electrons. The van der Waals surface area contributed by atoms with Gasteiger partial charge in [0.05, 0.1) is 12.2 Å². The maximum atomic E-state index is 6.39. The maximum Gasteiger partial charge on any atom is 0.208 e. The first-order valence-electron chi connectivity index (χ1n) is 9.02. The number of benzene rings is 1. The molecule has 6 nitrogen and oxygen atoms in total. The topological polar surface area (TPSA) is 72.1 Å². The predicted molar refractivity (Wildman–Crippen MR) is 101 cm³/mol. The Labute approximate surface area is 154 Å². The molecule has 25 heavy (non-hydrogen) atoms. The van der Waals surface area contributed by atoms with E-state index in [1.807, 2.05) is 19.9 Å². The maximum absolute atomic E-state index is 6.39. The number of aliphatic imine (C=N–C) groups is 1. The molecule has 0 bridgehead atoms. The van der Waals surface area contributed by atoms with Gasteiger partial charge in [0.2, 0.25) is 5.96 Å². The van der Waals surface area contributed by atoms with E-state index in [1.165, 1.54) is 24.0 Å². The highest BCUT2D eigenvalue weighted by molar-refractivity contribution is 6.31. The molecule has 1 aromatic carbocycles. The summed E-state index contributed by atoms with van der Waals surface area (Å²) < 4.78 is 11.0. The van der Waals surface area contributed by atoms with E-state index in [4.69, 9.17) is 26.8 Å². The number of hydrogen-bond donors (Lipinski definition) is 2. The summed E-state index contributed by atoms with van der Waals surface area (Å²) in [6.07, 6.45) is 3.07. The minimum Gasteiger partial charge on any atom is -0.369 e. The van der Waals surface area contributed by atoms with Crippen molar-refractivity contribution in [2.75, 3.05) is 31.3 Å². The first-order chi connectivity index (χ1) is 12.1. The molecule has 1 aliphatic carbocycles. The Hall–Kier alpha value is -1.50. The highest BCUT2D eigenvalue weighted by Gasteiger charge is 2.34. The SMILES string of the molecule is CCOC(CN=C(N)NN1CC2CCCc3c(Cl)ccc1c32)OCC. The average molecular weight is 367 g/mol. The van der Waals surface area contributed by atoms with Crippen molar-refractivity contribution in [1.29, 1.82) is 0 Å². The number of nitrogens with one attached hydrogen (secondary N) is 1. The summed E-state index contributed by atoms with van der Waals surface area (Å²) in [5.74, 6) is 0.879. The zero-order chi connectivity index (χ0) is 17.8. The average Bonchev–Trinajstić information content (AvgIpc) is 2.95. The summed E-state index contributed by atoms with van der Waals surface area (Å²) in [6.45, 7) is 6.29. The minimum absolute atomic E-state index is 0.360. The third-order valence-corrected chi connectivity index (χ3v) is 5.08. The van der Waals surface area contributed by atoms with Crippen molar-refractivity contribution in [3.8, 4) is 0 Å². The first kappa shape index (κ1) is 18.3. The molecule has 1 atom stereocenters. The van der Waals surface area contributed by atoms with Crippen LogP contribution in [-0.4, -0.2) is 38.6 Å². The zero-order valence-electron chi connectivity index (χ0n) is 14.9. The van der Waals surface area contributed by atoms with Crippen LogP contribution in [-0.2, 0) is 15.9 Å². The smallest absolute Gasteiger partial charge is 0.208 e. The van der Waals surface area contributed by atoms with E-state index in [0.717, 1.165) is 23.7 Å². The number of hydrogen-bond acceptors (Lipinski definition) is 4. The third kappa shape index (κ3) is 4.02. The van der Waals surface area contributed by atoms with Gasteiger partial charge in [0.15, 0.2) is 6.29 Å². The number of nitrogens with two attached hydrogens (primary N) is 1. The molecule has 0 saturated heterocycles. The van der Waals surface area contributed by atoms with Crippen molar-refractivity contribution in [3.05, 3.63) is 28.3 Å². The lowest BCUT2D eigenvalue weighted by Crippen LogP contribution is -2.46. The molecule has 0 spiro atoms. The number of rotatable bonds is 7. The van der Waals surface area contributed by atoms with Crippen LogP contribution >= 0.6 is 11.6 Å². The molecule has 3 rings (SSSR count). The zero-order valence-corrected chi connectivity index (χ0v) is 15.7. The summed E-state index contributed by atoms with van der Waals surface area (Å²) in [5.41, 5.74) is 13.1. The normalized spacial score (nSPS) is 19.4. The van der Waals surface area contributed by atoms with Gasteiger partial charge in [0.25, 0.3) is 0 Å². The third-order valence-electron chi connectivity index (χ3n) is 4.72. The van der Waals surface area contributed by atoms with Crippen molar-refractivity contribution >= 4 is 23.2 Å². The molecule has 0 saturated carbocycles. The summed E-state index contributed by atoms with van der Waals surface area (Å²) in [7, 11) is 0. The van der Waals surface area contributed by atoms with E-state index in [2.05, 4.69) is 21.5 Å². The highest BCUT2D eigenvalue weighted by atomic mass is 35.5. The van der Waals surface area contributed by atoms with E-state index in [-0.39, 0.29) is 6.29 Å². The van der Waals surface area contributed by atoms with Crippen LogP contribution in [0.2, 0.25) is 5.02 Å². The van der Waals surface area contributed by atoms with E-state index in [0.29, 0.717) is 31.6 Å². The van der Waals surface area contributed by atoms with E-state index >= 15 is 0 Å². The Morgan fingerprint density at radius 2 is 2.16 bits per heavy atom. The van der Waals surface area contributed by atoms with E-state index < -0.39 is 0 Å². The van der Waals surface area contributed by atoms with Gasteiger partial charge < -0.3 is 15.2 Å². The quantitative estimate of drug-likeness (QED) is 0.441. The lowest BCUT2D eigenvalue weighted by molar-refractivity contribution is -0.128.